The van der Waals surface area contributed by atoms with E-state index in [1.165, 1.54) is 10.2 Å². The van der Waals surface area contributed by atoms with Gasteiger partial charge in [0, 0.05) is 24.2 Å². The van der Waals surface area contributed by atoms with E-state index in [4.69, 9.17) is 4.74 Å². The molecule has 0 aliphatic carbocycles. The quantitative estimate of drug-likeness (QED) is 0.338. The predicted molar refractivity (Wildman–Crippen MR) is 137 cm³/mol. The van der Waals surface area contributed by atoms with Crippen LogP contribution in [0, 0.1) is 13.8 Å². The van der Waals surface area contributed by atoms with Gasteiger partial charge in [-0.15, -0.1) is 5.10 Å². The molecule has 0 saturated heterocycles. The number of rotatable bonds is 10. The van der Waals surface area contributed by atoms with Gasteiger partial charge in [-0.05, 0) is 66.8 Å². The summed E-state index contributed by atoms with van der Waals surface area (Å²) in [6, 6.07) is 16.0. The van der Waals surface area contributed by atoms with Gasteiger partial charge in [0.15, 0.2) is 5.82 Å². The molecule has 2 heterocycles. The first-order valence-corrected chi connectivity index (χ1v) is 12.2. The highest BCUT2D eigenvalue weighted by Gasteiger charge is 2.27. The fourth-order valence-electron chi connectivity index (χ4n) is 4.41. The maximum absolute atomic E-state index is 13.0. The third-order valence-corrected chi connectivity index (χ3v) is 6.23. The second kappa shape index (κ2) is 11.3. The van der Waals surface area contributed by atoms with Crippen molar-refractivity contribution in [2.24, 2.45) is 0 Å². The summed E-state index contributed by atoms with van der Waals surface area (Å²) in [6.45, 7) is 9.08. The first kappa shape index (κ1) is 25.2. The Morgan fingerprint density at radius 2 is 1.81 bits per heavy atom. The number of hydrogen-bond donors (Lipinski definition) is 1. The van der Waals surface area contributed by atoms with E-state index in [0.29, 0.717) is 30.9 Å². The molecular formula is C27H32N6O3. The number of aromatic nitrogens is 5. The second-order valence-corrected chi connectivity index (χ2v) is 9.03. The molecular weight excluding hydrogens is 456 g/mol. The lowest BCUT2D eigenvalue weighted by Crippen LogP contribution is -2.33. The van der Waals surface area contributed by atoms with Crippen LogP contribution in [0.2, 0.25) is 0 Å². The Kier molecular flexibility index (Phi) is 7.90. The molecule has 0 amide bonds. The number of ether oxygens (including phenoxy) is 1. The van der Waals surface area contributed by atoms with Gasteiger partial charge >= 0.3 is 5.97 Å². The molecule has 36 heavy (non-hydrogen) atoms. The highest BCUT2D eigenvalue weighted by Crippen LogP contribution is 2.27. The predicted octanol–water partition coefficient (Wildman–Crippen LogP) is 3.85. The summed E-state index contributed by atoms with van der Waals surface area (Å²) < 4.78 is 6.59. The van der Waals surface area contributed by atoms with Gasteiger partial charge in [0.2, 0.25) is 0 Å². The topological polar surface area (TPSA) is 106 Å². The summed E-state index contributed by atoms with van der Waals surface area (Å²) in [6.07, 6.45) is 0.680. The lowest BCUT2D eigenvalue weighted by Gasteiger charge is -2.30. The zero-order chi connectivity index (χ0) is 25.7. The van der Waals surface area contributed by atoms with Crippen molar-refractivity contribution >= 4 is 16.9 Å². The van der Waals surface area contributed by atoms with Crippen LogP contribution in [0.4, 0.5) is 0 Å². The van der Waals surface area contributed by atoms with Crippen molar-refractivity contribution in [3.8, 4) is 0 Å². The lowest BCUT2D eigenvalue weighted by molar-refractivity contribution is -0.144. The van der Waals surface area contributed by atoms with Crippen LogP contribution in [-0.4, -0.2) is 42.7 Å². The van der Waals surface area contributed by atoms with Crippen LogP contribution < -0.4 is 5.56 Å². The molecule has 9 heteroatoms. The molecule has 0 aliphatic heterocycles. The van der Waals surface area contributed by atoms with E-state index in [2.05, 4.69) is 62.7 Å². The van der Waals surface area contributed by atoms with Gasteiger partial charge in [-0.2, -0.15) is 0 Å². The van der Waals surface area contributed by atoms with Crippen molar-refractivity contribution in [2.45, 2.75) is 59.8 Å². The van der Waals surface area contributed by atoms with Gasteiger partial charge in [-0.25, -0.2) is 4.68 Å². The maximum Gasteiger partial charge on any atom is 0.327 e. The molecule has 0 fully saturated rings. The van der Waals surface area contributed by atoms with Gasteiger partial charge in [0.1, 0.15) is 6.54 Å². The number of nitrogens with one attached hydrogen (secondary N) is 1. The Bertz CT molecular complexity index is 1390. The largest absolute Gasteiger partial charge is 0.465 e. The van der Waals surface area contributed by atoms with Crippen molar-refractivity contribution in [1.29, 1.82) is 0 Å². The Morgan fingerprint density at radius 1 is 1.06 bits per heavy atom. The standard InChI is InChI=1S/C27H32N6O3/c1-5-24(26-29-30-31-33(26)17-25(34)36-6-2)32(15-20-10-7-18(3)8-11-20)16-22-14-21-13-19(4)9-12-23(21)28-27(22)35/h7-14,24H,5-6,15-17H2,1-4H3,(H,28,35)/t24-/m1/s1. The number of pyridine rings is 1. The Hall–Kier alpha value is -3.85. The molecule has 4 rings (SSSR count). The lowest BCUT2D eigenvalue weighted by atomic mass is 10.1. The fourth-order valence-corrected chi connectivity index (χ4v) is 4.41. The summed E-state index contributed by atoms with van der Waals surface area (Å²) in [5.74, 6) is 0.165. The van der Waals surface area contributed by atoms with Crippen LogP contribution in [0.5, 0.6) is 0 Å². The van der Waals surface area contributed by atoms with Crippen LogP contribution in [0.1, 0.15) is 54.4 Å². The van der Waals surface area contributed by atoms with Gasteiger partial charge in [-0.3, -0.25) is 14.5 Å². The van der Waals surface area contributed by atoms with E-state index in [0.717, 1.165) is 22.0 Å². The molecule has 0 unspecified atom stereocenters. The summed E-state index contributed by atoms with van der Waals surface area (Å²) >= 11 is 0. The van der Waals surface area contributed by atoms with Crippen molar-refractivity contribution in [2.75, 3.05) is 6.61 Å². The minimum absolute atomic E-state index is 0.0686. The molecule has 1 atom stereocenters. The molecule has 0 bridgehead atoms. The second-order valence-electron chi connectivity index (χ2n) is 9.03. The average molecular weight is 489 g/mol. The number of hydrogen-bond acceptors (Lipinski definition) is 7. The molecule has 188 valence electrons. The van der Waals surface area contributed by atoms with Crippen molar-refractivity contribution in [3.05, 3.63) is 87.0 Å². The molecule has 1 N–H and O–H groups in total. The molecule has 0 aliphatic rings. The number of nitrogens with zero attached hydrogens (tertiary/aromatic N) is 5. The number of tetrazole rings is 1. The van der Waals surface area contributed by atoms with Gasteiger partial charge in [0.25, 0.3) is 5.56 Å². The molecule has 4 aromatic rings. The number of carbonyl (C=O) groups excluding carboxylic acids is 1. The summed E-state index contributed by atoms with van der Waals surface area (Å²) in [7, 11) is 0. The molecule has 0 spiro atoms. The highest BCUT2D eigenvalue weighted by molar-refractivity contribution is 5.79. The number of fused-ring (bicyclic) bond motifs is 1. The first-order valence-electron chi connectivity index (χ1n) is 12.2. The molecule has 0 radical (unpaired) electrons. The van der Waals surface area contributed by atoms with Gasteiger partial charge < -0.3 is 9.72 Å². The number of aromatic amines is 1. The van der Waals surface area contributed by atoms with E-state index < -0.39 is 5.97 Å². The van der Waals surface area contributed by atoms with Crippen LogP contribution in [0.3, 0.4) is 0 Å². The smallest absolute Gasteiger partial charge is 0.327 e. The van der Waals surface area contributed by atoms with Gasteiger partial charge in [-0.1, -0.05) is 48.4 Å². The summed E-state index contributed by atoms with van der Waals surface area (Å²) in [5, 5.41) is 13.1. The van der Waals surface area contributed by atoms with Crippen LogP contribution in [0.25, 0.3) is 10.9 Å². The number of benzene rings is 2. The van der Waals surface area contributed by atoms with Crippen molar-refractivity contribution in [1.82, 2.24) is 30.1 Å². The molecule has 2 aromatic carbocycles. The number of carbonyl (C=O) groups is 1. The van der Waals surface area contributed by atoms with Crippen LogP contribution in [0.15, 0.2) is 53.3 Å². The Morgan fingerprint density at radius 3 is 2.53 bits per heavy atom. The Balaban J connectivity index is 1.72. The van der Waals surface area contributed by atoms with Crippen LogP contribution in [-0.2, 0) is 29.2 Å². The monoisotopic (exact) mass is 488 g/mol. The Labute approximate surface area is 210 Å². The summed E-state index contributed by atoms with van der Waals surface area (Å²) in [5.41, 5.74) is 4.75. The average Bonchev–Trinajstić information content (AvgIpc) is 3.29. The molecule has 9 nitrogen and oxygen atoms in total. The van der Waals surface area contributed by atoms with Crippen molar-refractivity contribution < 1.29 is 9.53 Å². The van der Waals surface area contributed by atoms with Crippen molar-refractivity contribution in [3.63, 3.8) is 0 Å². The van der Waals surface area contributed by atoms with E-state index in [1.54, 1.807) is 6.92 Å². The minimum atomic E-state index is -0.396. The summed E-state index contributed by atoms with van der Waals surface area (Å²) in [4.78, 5) is 30.4. The zero-order valence-corrected chi connectivity index (χ0v) is 21.2. The van der Waals surface area contributed by atoms with Gasteiger partial charge in [0.05, 0.1) is 12.6 Å². The third-order valence-electron chi connectivity index (χ3n) is 6.23. The van der Waals surface area contributed by atoms with E-state index in [9.17, 15) is 9.59 Å². The normalized spacial score (nSPS) is 12.2. The third kappa shape index (κ3) is 5.85. The van der Waals surface area contributed by atoms with E-state index >= 15 is 0 Å². The zero-order valence-electron chi connectivity index (χ0n) is 21.2. The minimum Gasteiger partial charge on any atom is -0.465 e. The SMILES string of the molecule is CCOC(=O)Cn1nnnc1[C@@H](CC)N(Cc1ccc(C)cc1)Cc1cc2cc(C)ccc2[nH]c1=O. The fraction of sp³-hybridized carbons (Fsp3) is 0.370. The molecule has 0 saturated carbocycles. The van der Waals surface area contributed by atoms with E-state index in [-0.39, 0.29) is 24.8 Å². The maximum atomic E-state index is 13.0. The number of aryl methyl sites for hydroxylation is 2. The first-order chi connectivity index (χ1) is 17.4. The molecule has 2 aromatic heterocycles. The number of H-pyrrole nitrogens is 1. The highest BCUT2D eigenvalue weighted by atomic mass is 16.5. The number of esters is 1. The van der Waals surface area contributed by atoms with E-state index in [1.807, 2.05) is 32.0 Å². The van der Waals surface area contributed by atoms with Crippen LogP contribution >= 0.6 is 0 Å².